The highest BCUT2D eigenvalue weighted by atomic mass is 16.2. The Morgan fingerprint density at radius 2 is 1.77 bits per heavy atom. The molecule has 0 atom stereocenters. The van der Waals surface area contributed by atoms with Crippen molar-refractivity contribution in [3.8, 4) is 22.5 Å². The van der Waals surface area contributed by atoms with Crippen LogP contribution in [0.3, 0.4) is 0 Å². The molecule has 0 spiro atoms. The number of rotatable bonds is 5. The quantitative estimate of drug-likeness (QED) is 0.554. The molecular formula is C22H20N6O2. The maximum absolute atomic E-state index is 12.7. The number of tetrazole rings is 1. The standard InChI is InChI=1S/C22H20N6O2/c1-27-20(29)12-19(16-10-11-16)28(22(27)30)13-14-6-8-15(9-7-14)17-4-2-3-5-18(17)21-23-25-26-24-21/h2-9,12,16H,10-11,13H2,1H3,(H,23,24,25,26). The van der Waals surface area contributed by atoms with Gasteiger partial charge in [-0.15, -0.1) is 10.2 Å². The van der Waals surface area contributed by atoms with Crippen LogP contribution in [0, 0.1) is 0 Å². The van der Waals surface area contributed by atoms with Gasteiger partial charge >= 0.3 is 5.69 Å². The van der Waals surface area contributed by atoms with E-state index in [4.69, 9.17) is 0 Å². The molecule has 0 saturated heterocycles. The first-order valence-electron chi connectivity index (χ1n) is 9.85. The molecule has 1 aliphatic carbocycles. The van der Waals surface area contributed by atoms with Gasteiger partial charge in [-0.25, -0.2) is 4.79 Å². The van der Waals surface area contributed by atoms with Crippen LogP contribution in [0.5, 0.6) is 0 Å². The average molecular weight is 400 g/mol. The predicted octanol–water partition coefficient (Wildman–Crippen LogP) is 2.32. The van der Waals surface area contributed by atoms with Crippen LogP contribution in [0.15, 0.2) is 64.2 Å². The highest BCUT2D eigenvalue weighted by Gasteiger charge is 2.28. The van der Waals surface area contributed by atoms with Gasteiger partial charge in [0, 0.05) is 24.4 Å². The molecule has 0 bridgehead atoms. The number of aromatic nitrogens is 6. The molecule has 0 amide bonds. The first-order valence-corrected chi connectivity index (χ1v) is 9.85. The van der Waals surface area contributed by atoms with Crippen molar-refractivity contribution in [1.29, 1.82) is 0 Å². The molecule has 1 saturated carbocycles. The molecule has 2 heterocycles. The molecule has 4 aromatic rings. The summed E-state index contributed by atoms with van der Waals surface area (Å²) in [6, 6.07) is 17.6. The lowest BCUT2D eigenvalue weighted by Gasteiger charge is -2.14. The molecule has 0 unspecified atom stereocenters. The summed E-state index contributed by atoms with van der Waals surface area (Å²) in [7, 11) is 1.52. The Hall–Kier alpha value is -3.81. The molecule has 0 radical (unpaired) electrons. The molecule has 1 N–H and O–H groups in total. The fourth-order valence-corrected chi connectivity index (χ4v) is 3.74. The van der Waals surface area contributed by atoms with Crippen molar-refractivity contribution in [2.75, 3.05) is 0 Å². The van der Waals surface area contributed by atoms with E-state index >= 15 is 0 Å². The van der Waals surface area contributed by atoms with Gasteiger partial charge in [0.05, 0.1) is 6.54 Å². The van der Waals surface area contributed by atoms with Gasteiger partial charge in [-0.1, -0.05) is 48.5 Å². The minimum atomic E-state index is -0.268. The largest absolute Gasteiger partial charge is 0.331 e. The molecule has 30 heavy (non-hydrogen) atoms. The Morgan fingerprint density at radius 3 is 2.43 bits per heavy atom. The molecule has 1 aliphatic rings. The normalized spacial score (nSPS) is 13.5. The van der Waals surface area contributed by atoms with Gasteiger partial charge in [0.1, 0.15) is 0 Å². The summed E-state index contributed by atoms with van der Waals surface area (Å²) >= 11 is 0. The summed E-state index contributed by atoms with van der Waals surface area (Å²) in [5, 5.41) is 14.3. The average Bonchev–Trinajstić information content (AvgIpc) is 3.47. The molecule has 150 valence electrons. The molecular weight excluding hydrogens is 380 g/mol. The summed E-state index contributed by atoms with van der Waals surface area (Å²) in [5.74, 6) is 0.855. The highest BCUT2D eigenvalue weighted by molar-refractivity contribution is 5.80. The van der Waals surface area contributed by atoms with Crippen molar-refractivity contribution in [3.05, 3.63) is 86.7 Å². The van der Waals surface area contributed by atoms with Crippen LogP contribution in [0.2, 0.25) is 0 Å². The predicted molar refractivity (Wildman–Crippen MR) is 112 cm³/mol. The van der Waals surface area contributed by atoms with E-state index in [9.17, 15) is 9.59 Å². The minimum absolute atomic E-state index is 0.244. The SMILES string of the molecule is Cn1c(=O)cc(C2CC2)n(Cc2ccc(-c3ccccc3-c3nn[nH]n3)cc2)c1=O. The van der Waals surface area contributed by atoms with Crippen LogP contribution >= 0.6 is 0 Å². The molecule has 8 nitrogen and oxygen atoms in total. The van der Waals surface area contributed by atoms with Crippen molar-refractivity contribution in [3.63, 3.8) is 0 Å². The Labute approximate surface area is 171 Å². The van der Waals surface area contributed by atoms with E-state index in [1.807, 2.05) is 48.5 Å². The smallest absolute Gasteiger partial charge is 0.293 e. The summed E-state index contributed by atoms with van der Waals surface area (Å²) < 4.78 is 2.89. The lowest BCUT2D eigenvalue weighted by molar-refractivity contribution is 0.612. The van der Waals surface area contributed by atoms with Crippen LogP contribution in [0.4, 0.5) is 0 Å². The zero-order valence-corrected chi connectivity index (χ0v) is 16.4. The number of nitrogens with zero attached hydrogens (tertiary/aromatic N) is 5. The zero-order valence-electron chi connectivity index (χ0n) is 16.4. The van der Waals surface area contributed by atoms with Crippen LogP contribution in [0.1, 0.15) is 30.0 Å². The Morgan fingerprint density at radius 1 is 1.03 bits per heavy atom. The number of nitrogens with one attached hydrogen (secondary N) is 1. The van der Waals surface area contributed by atoms with Crippen molar-refractivity contribution < 1.29 is 0 Å². The summed E-state index contributed by atoms with van der Waals surface area (Å²) in [6.07, 6.45) is 2.05. The van der Waals surface area contributed by atoms with Crippen molar-refractivity contribution in [2.45, 2.75) is 25.3 Å². The summed E-state index contributed by atoms with van der Waals surface area (Å²) in [4.78, 5) is 24.8. The minimum Gasteiger partial charge on any atom is -0.293 e. The first kappa shape index (κ1) is 18.2. The lowest BCUT2D eigenvalue weighted by atomic mass is 9.98. The van der Waals surface area contributed by atoms with Gasteiger partial charge in [0.15, 0.2) is 0 Å². The van der Waals surface area contributed by atoms with E-state index in [-0.39, 0.29) is 11.2 Å². The number of benzene rings is 2. The lowest BCUT2D eigenvalue weighted by Crippen LogP contribution is -2.39. The van der Waals surface area contributed by atoms with Crippen LogP contribution in [-0.4, -0.2) is 29.8 Å². The first-order chi connectivity index (χ1) is 14.6. The van der Waals surface area contributed by atoms with Gasteiger partial charge in [-0.05, 0) is 40.7 Å². The van der Waals surface area contributed by atoms with E-state index in [0.29, 0.717) is 18.3 Å². The Kier molecular flexibility index (Phi) is 4.39. The maximum atomic E-state index is 12.7. The summed E-state index contributed by atoms with van der Waals surface area (Å²) in [5.41, 5.74) is 4.25. The van der Waals surface area contributed by atoms with Crippen molar-refractivity contribution in [2.24, 2.45) is 7.05 Å². The second-order valence-corrected chi connectivity index (χ2v) is 7.59. The molecule has 2 aromatic carbocycles. The number of aromatic amines is 1. The summed E-state index contributed by atoms with van der Waals surface area (Å²) in [6.45, 7) is 0.436. The van der Waals surface area contributed by atoms with Crippen LogP contribution in [0.25, 0.3) is 22.5 Å². The molecule has 0 aliphatic heterocycles. The maximum Gasteiger partial charge on any atom is 0.331 e. The fraction of sp³-hybridized carbons (Fsp3) is 0.227. The van der Waals surface area contributed by atoms with Crippen molar-refractivity contribution in [1.82, 2.24) is 29.8 Å². The van der Waals surface area contributed by atoms with Crippen molar-refractivity contribution >= 4 is 0 Å². The fourth-order valence-electron chi connectivity index (χ4n) is 3.74. The monoisotopic (exact) mass is 400 g/mol. The molecule has 2 aromatic heterocycles. The zero-order chi connectivity index (χ0) is 20.7. The molecule has 8 heteroatoms. The Bertz CT molecular complexity index is 1320. The van der Waals surface area contributed by atoms with Gasteiger partial charge in [0.25, 0.3) is 5.56 Å². The third kappa shape index (κ3) is 3.26. The molecule has 1 fully saturated rings. The van der Waals surface area contributed by atoms with E-state index < -0.39 is 0 Å². The van der Waals surface area contributed by atoms with Gasteiger partial charge in [-0.2, -0.15) is 5.21 Å². The second-order valence-electron chi connectivity index (χ2n) is 7.59. The molecule has 5 rings (SSSR count). The Balaban J connectivity index is 1.49. The topological polar surface area (TPSA) is 98.5 Å². The number of H-pyrrole nitrogens is 1. The van der Waals surface area contributed by atoms with Crippen LogP contribution < -0.4 is 11.2 Å². The van der Waals surface area contributed by atoms with Gasteiger partial charge in [-0.3, -0.25) is 13.9 Å². The highest BCUT2D eigenvalue weighted by Crippen LogP contribution is 2.39. The van der Waals surface area contributed by atoms with E-state index in [2.05, 4.69) is 20.6 Å². The third-order valence-electron chi connectivity index (χ3n) is 5.55. The second kappa shape index (κ2) is 7.22. The third-order valence-corrected chi connectivity index (χ3v) is 5.55. The number of hydrogen-bond donors (Lipinski definition) is 1. The van der Waals surface area contributed by atoms with Crippen LogP contribution in [-0.2, 0) is 13.6 Å². The van der Waals surface area contributed by atoms with E-state index in [0.717, 1.165) is 40.8 Å². The van der Waals surface area contributed by atoms with Gasteiger partial charge in [0.2, 0.25) is 5.82 Å². The van der Waals surface area contributed by atoms with E-state index in [1.54, 1.807) is 10.6 Å². The number of hydrogen-bond acceptors (Lipinski definition) is 5. The van der Waals surface area contributed by atoms with E-state index in [1.165, 1.54) is 11.6 Å². The van der Waals surface area contributed by atoms with Gasteiger partial charge < -0.3 is 0 Å².